The first-order chi connectivity index (χ1) is 8.26. The molecule has 0 N–H and O–H groups in total. The summed E-state index contributed by atoms with van der Waals surface area (Å²) in [5.41, 5.74) is 1.93. The molecule has 0 fully saturated rings. The number of imidazole rings is 1. The molecule has 1 aromatic carbocycles. The zero-order valence-electron chi connectivity index (χ0n) is 9.84. The molecule has 0 amide bonds. The van der Waals surface area contributed by atoms with Crippen molar-refractivity contribution in [1.82, 2.24) is 9.55 Å². The maximum Gasteiger partial charge on any atom is 0.139 e. The van der Waals surface area contributed by atoms with Crippen molar-refractivity contribution in [3.63, 3.8) is 0 Å². The molecule has 17 heavy (non-hydrogen) atoms. The highest BCUT2D eigenvalue weighted by atomic mass is 16.5. The first kappa shape index (κ1) is 11.2. The molecule has 0 saturated carbocycles. The Labute approximate surface area is 100 Å². The van der Waals surface area contributed by atoms with Crippen LogP contribution in [0.4, 0.5) is 0 Å². The molecule has 4 heteroatoms. The van der Waals surface area contributed by atoms with Gasteiger partial charge in [-0.15, -0.1) is 0 Å². The second-order valence-corrected chi connectivity index (χ2v) is 3.70. The van der Waals surface area contributed by atoms with E-state index in [1.807, 2.05) is 35.9 Å². The van der Waals surface area contributed by atoms with E-state index in [-0.39, 0.29) is 0 Å². The zero-order chi connectivity index (χ0) is 12.3. The molecule has 0 saturated heterocycles. The van der Waals surface area contributed by atoms with Crippen molar-refractivity contribution in [1.29, 1.82) is 5.26 Å². The van der Waals surface area contributed by atoms with E-state index in [4.69, 9.17) is 10.00 Å². The number of methoxy groups -OCH3 is 1. The Morgan fingerprint density at radius 3 is 2.65 bits per heavy atom. The Hall–Kier alpha value is -2.28. The van der Waals surface area contributed by atoms with Crippen molar-refractivity contribution < 1.29 is 4.74 Å². The predicted molar refractivity (Wildman–Crippen MR) is 64.5 cm³/mol. The summed E-state index contributed by atoms with van der Waals surface area (Å²) in [5.74, 6) is 1.68. The first-order valence-electron chi connectivity index (χ1n) is 5.28. The smallest absolute Gasteiger partial charge is 0.139 e. The summed E-state index contributed by atoms with van der Waals surface area (Å²) in [5, 5.41) is 8.68. The molecular weight excluding hydrogens is 214 g/mol. The monoisotopic (exact) mass is 227 g/mol. The second kappa shape index (κ2) is 4.71. The van der Waals surface area contributed by atoms with Gasteiger partial charge in [-0.25, -0.2) is 4.98 Å². The van der Waals surface area contributed by atoms with Crippen LogP contribution in [0.3, 0.4) is 0 Å². The molecule has 0 aliphatic carbocycles. The molecule has 0 radical (unpaired) electrons. The zero-order valence-corrected chi connectivity index (χ0v) is 9.84. The third-order valence-corrected chi connectivity index (χ3v) is 2.69. The van der Waals surface area contributed by atoms with Gasteiger partial charge in [-0.1, -0.05) is 0 Å². The minimum Gasteiger partial charge on any atom is -0.497 e. The average molecular weight is 227 g/mol. The van der Waals surface area contributed by atoms with E-state index in [9.17, 15) is 0 Å². The number of nitriles is 1. The molecule has 1 aromatic heterocycles. The van der Waals surface area contributed by atoms with Gasteiger partial charge >= 0.3 is 0 Å². The molecule has 0 spiro atoms. The van der Waals surface area contributed by atoms with Crippen molar-refractivity contribution >= 4 is 0 Å². The van der Waals surface area contributed by atoms with Crippen LogP contribution >= 0.6 is 0 Å². The Kier molecular flexibility index (Phi) is 3.10. The topological polar surface area (TPSA) is 50.8 Å². The number of ether oxygens (including phenoxy) is 1. The van der Waals surface area contributed by atoms with Gasteiger partial charge in [0.1, 0.15) is 11.6 Å². The molecule has 0 bridgehead atoms. The van der Waals surface area contributed by atoms with Crippen LogP contribution < -0.4 is 4.74 Å². The van der Waals surface area contributed by atoms with E-state index >= 15 is 0 Å². The molecule has 0 aliphatic rings. The lowest BCUT2D eigenvalue weighted by Gasteiger charge is -2.05. The van der Waals surface area contributed by atoms with Crippen LogP contribution in [-0.2, 0) is 13.5 Å². The lowest BCUT2D eigenvalue weighted by atomic mass is 10.2. The highest BCUT2D eigenvalue weighted by molar-refractivity contribution is 5.57. The summed E-state index contributed by atoms with van der Waals surface area (Å²) < 4.78 is 7.04. The summed E-state index contributed by atoms with van der Waals surface area (Å²) in [6.07, 6.45) is 2.11. The largest absolute Gasteiger partial charge is 0.497 e. The van der Waals surface area contributed by atoms with Crippen LogP contribution in [0.2, 0.25) is 0 Å². The highest BCUT2D eigenvalue weighted by Gasteiger charge is 2.08. The van der Waals surface area contributed by atoms with Crippen molar-refractivity contribution in [3.8, 4) is 23.2 Å². The molecular formula is C13H13N3O. The maximum atomic E-state index is 8.68. The average Bonchev–Trinajstić information content (AvgIpc) is 2.72. The Bertz CT molecular complexity index is 549. The van der Waals surface area contributed by atoms with Crippen molar-refractivity contribution in [2.75, 3.05) is 7.11 Å². The number of aromatic nitrogens is 2. The summed E-state index contributed by atoms with van der Waals surface area (Å²) in [7, 11) is 3.56. The van der Waals surface area contributed by atoms with Gasteiger partial charge in [0, 0.05) is 18.8 Å². The summed E-state index contributed by atoms with van der Waals surface area (Å²) in [4.78, 5) is 4.33. The van der Waals surface area contributed by atoms with Crippen LogP contribution in [0.25, 0.3) is 11.4 Å². The predicted octanol–water partition coefficient (Wildman–Crippen LogP) is 2.16. The number of hydrogen-bond acceptors (Lipinski definition) is 3. The van der Waals surface area contributed by atoms with Gasteiger partial charge < -0.3 is 9.30 Å². The Balaban J connectivity index is 2.36. The first-order valence-corrected chi connectivity index (χ1v) is 5.28. The summed E-state index contributed by atoms with van der Waals surface area (Å²) in [6.45, 7) is 0. The van der Waals surface area contributed by atoms with Gasteiger partial charge in [0.25, 0.3) is 0 Å². The van der Waals surface area contributed by atoms with Crippen LogP contribution in [0.5, 0.6) is 5.75 Å². The van der Waals surface area contributed by atoms with E-state index in [1.165, 1.54) is 0 Å². The maximum absolute atomic E-state index is 8.68. The molecule has 2 rings (SSSR count). The molecule has 0 unspecified atom stereocenters. The molecule has 0 atom stereocenters. The molecule has 0 aliphatic heterocycles. The normalized spacial score (nSPS) is 9.94. The van der Waals surface area contributed by atoms with Gasteiger partial charge in [-0.05, 0) is 24.3 Å². The van der Waals surface area contributed by atoms with Crippen LogP contribution in [0.15, 0.2) is 30.5 Å². The van der Waals surface area contributed by atoms with Crippen LogP contribution in [0, 0.1) is 11.3 Å². The lowest BCUT2D eigenvalue weighted by molar-refractivity contribution is 0.415. The fourth-order valence-electron chi connectivity index (χ4n) is 1.70. The van der Waals surface area contributed by atoms with Gasteiger partial charge in [-0.3, -0.25) is 0 Å². The van der Waals surface area contributed by atoms with E-state index < -0.39 is 0 Å². The van der Waals surface area contributed by atoms with Crippen LogP contribution in [0.1, 0.15) is 5.69 Å². The molecule has 2 aromatic rings. The number of rotatable bonds is 3. The minimum absolute atomic E-state index is 0.375. The van der Waals surface area contributed by atoms with Crippen molar-refractivity contribution in [2.45, 2.75) is 6.42 Å². The van der Waals surface area contributed by atoms with Crippen molar-refractivity contribution in [3.05, 3.63) is 36.2 Å². The molecule has 4 nitrogen and oxygen atoms in total. The highest BCUT2D eigenvalue weighted by Crippen LogP contribution is 2.21. The fraction of sp³-hybridized carbons (Fsp3) is 0.231. The number of hydrogen-bond donors (Lipinski definition) is 0. The Morgan fingerprint density at radius 1 is 1.35 bits per heavy atom. The summed E-state index contributed by atoms with van der Waals surface area (Å²) in [6, 6.07) is 9.83. The van der Waals surface area contributed by atoms with E-state index in [0.717, 1.165) is 22.8 Å². The quantitative estimate of drug-likeness (QED) is 0.807. The number of benzene rings is 1. The lowest BCUT2D eigenvalue weighted by Crippen LogP contribution is -1.97. The fourth-order valence-corrected chi connectivity index (χ4v) is 1.70. The van der Waals surface area contributed by atoms with E-state index in [2.05, 4.69) is 11.1 Å². The van der Waals surface area contributed by atoms with Gasteiger partial charge in [0.15, 0.2) is 0 Å². The number of nitrogens with zero attached hydrogens (tertiary/aromatic N) is 3. The third kappa shape index (κ3) is 2.13. The minimum atomic E-state index is 0.375. The standard InChI is InChI=1S/C13H13N3O/c1-16-11(7-8-14)9-15-13(16)10-3-5-12(17-2)6-4-10/h3-6,9H,7H2,1-2H3. The molecule has 1 heterocycles. The second-order valence-electron chi connectivity index (χ2n) is 3.70. The molecule has 86 valence electrons. The SMILES string of the molecule is COc1ccc(-c2ncc(CC#N)n2C)cc1. The van der Waals surface area contributed by atoms with Gasteiger partial charge in [0.2, 0.25) is 0 Å². The van der Waals surface area contributed by atoms with Gasteiger partial charge in [-0.2, -0.15) is 5.26 Å². The van der Waals surface area contributed by atoms with E-state index in [1.54, 1.807) is 13.3 Å². The van der Waals surface area contributed by atoms with Gasteiger partial charge in [0.05, 0.1) is 25.3 Å². The Morgan fingerprint density at radius 2 is 2.06 bits per heavy atom. The third-order valence-electron chi connectivity index (χ3n) is 2.69. The van der Waals surface area contributed by atoms with Crippen LogP contribution in [-0.4, -0.2) is 16.7 Å². The van der Waals surface area contributed by atoms with E-state index in [0.29, 0.717) is 6.42 Å². The summed E-state index contributed by atoms with van der Waals surface area (Å²) >= 11 is 0. The van der Waals surface area contributed by atoms with Crippen molar-refractivity contribution in [2.24, 2.45) is 7.05 Å².